The van der Waals surface area contributed by atoms with E-state index < -0.39 is 0 Å². The fraction of sp³-hybridized carbons (Fsp3) is 0.688. The van der Waals surface area contributed by atoms with E-state index in [0.717, 1.165) is 36.0 Å². The molecule has 1 aliphatic carbocycles. The minimum atomic E-state index is 0.728. The Kier molecular flexibility index (Phi) is 5.14. The van der Waals surface area contributed by atoms with Crippen molar-refractivity contribution in [1.82, 2.24) is 15.2 Å². The molecule has 0 spiro atoms. The molecule has 1 aromatic rings. The smallest absolute Gasteiger partial charge is 0.132 e. The molecule has 1 saturated heterocycles. The highest BCUT2D eigenvalue weighted by atomic mass is 79.9. The second kappa shape index (κ2) is 7.07. The van der Waals surface area contributed by atoms with Gasteiger partial charge in [0, 0.05) is 49.0 Å². The normalized spacial score (nSPS) is 19.1. The van der Waals surface area contributed by atoms with Gasteiger partial charge in [-0.25, -0.2) is 4.98 Å². The maximum absolute atomic E-state index is 4.64. The first-order valence-corrected chi connectivity index (χ1v) is 8.83. The lowest BCUT2D eigenvalue weighted by Crippen LogP contribution is -2.32. The van der Waals surface area contributed by atoms with Crippen LogP contribution in [0.1, 0.15) is 31.2 Å². The molecule has 0 unspecified atom stereocenters. The van der Waals surface area contributed by atoms with E-state index in [-0.39, 0.29) is 0 Å². The summed E-state index contributed by atoms with van der Waals surface area (Å²) in [6.45, 7) is 5.63. The van der Waals surface area contributed by atoms with Crippen molar-refractivity contribution < 1.29 is 0 Å². The molecule has 0 aromatic carbocycles. The van der Waals surface area contributed by atoms with Crippen molar-refractivity contribution in [3.63, 3.8) is 0 Å². The number of hydrogen-bond donors (Lipinski definition) is 1. The number of likely N-dealkylation sites (N-methyl/N-ethyl adjacent to an activating group) is 1. The SMILES string of the molecule is CN(CCN1CCCC1)c1ncc(Br)cc1CNC1CC1. The topological polar surface area (TPSA) is 31.4 Å². The van der Waals surface area contributed by atoms with Gasteiger partial charge in [0.05, 0.1) is 0 Å². The summed E-state index contributed by atoms with van der Waals surface area (Å²) in [7, 11) is 2.16. The molecule has 4 nitrogen and oxygen atoms in total. The summed E-state index contributed by atoms with van der Waals surface area (Å²) in [5.74, 6) is 1.12. The van der Waals surface area contributed by atoms with Crippen molar-refractivity contribution in [2.75, 3.05) is 38.1 Å². The third kappa shape index (κ3) is 4.41. The summed E-state index contributed by atoms with van der Waals surface area (Å²) in [4.78, 5) is 9.50. The van der Waals surface area contributed by atoms with Crippen LogP contribution in [0.5, 0.6) is 0 Å². The molecule has 0 amide bonds. The lowest BCUT2D eigenvalue weighted by molar-refractivity contribution is 0.346. The highest BCUT2D eigenvalue weighted by Crippen LogP contribution is 2.24. The third-order valence-corrected chi connectivity index (χ3v) is 4.81. The Bertz CT molecular complexity index is 469. The van der Waals surface area contributed by atoms with E-state index in [4.69, 9.17) is 0 Å². The number of nitrogens with zero attached hydrogens (tertiary/aromatic N) is 3. The molecule has 1 aromatic heterocycles. The molecule has 1 saturated carbocycles. The summed E-state index contributed by atoms with van der Waals surface area (Å²) in [6.07, 6.45) is 7.26. The number of anilines is 1. The Morgan fingerprint density at radius 1 is 1.38 bits per heavy atom. The van der Waals surface area contributed by atoms with Crippen LogP contribution in [0.25, 0.3) is 0 Å². The van der Waals surface area contributed by atoms with E-state index in [1.807, 2.05) is 6.20 Å². The average molecular weight is 353 g/mol. The van der Waals surface area contributed by atoms with E-state index in [0.29, 0.717) is 0 Å². The van der Waals surface area contributed by atoms with Gasteiger partial charge in [0.25, 0.3) is 0 Å². The first kappa shape index (κ1) is 15.3. The van der Waals surface area contributed by atoms with Crippen molar-refractivity contribution in [3.05, 3.63) is 22.3 Å². The zero-order valence-electron chi connectivity index (χ0n) is 12.8. The minimum Gasteiger partial charge on any atom is -0.358 e. The van der Waals surface area contributed by atoms with E-state index in [1.165, 1.54) is 44.3 Å². The van der Waals surface area contributed by atoms with Crippen LogP contribution in [0.3, 0.4) is 0 Å². The van der Waals surface area contributed by atoms with Gasteiger partial charge in [-0.3, -0.25) is 0 Å². The predicted octanol–water partition coefficient (Wildman–Crippen LogP) is 2.63. The highest BCUT2D eigenvalue weighted by Gasteiger charge is 2.21. The molecule has 116 valence electrons. The van der Waals surface area contributed by atoms with Crippen molar-refractivity contribution in [3.8, 4) is 0 Å². The van der Waals surface area contributed by atoms with E-state index >= 15 is 0 Å². The van der Waals surface area contributed by atoms with Crippen LogP contribution in [0.2, 0.25) is 0 Å². The fourth-order valence-corrected chi connectivity index (χ4v) is 3.27. The molecular weight excluding hydrogens is 328 g/mol. The standard InChI is InChI=1S/C16H25BrN4/c1-20(8-9-21-6-2-3-7-21)16-13(10-14(17)12-19-16)11-18-15-4-5-15/h10,12,15,18H,2-9,11H2,1H3. The summed E-state index contributed by atoms with van der Waals surface area (Å²) in [6, 6.07) is 2.93. The maximum Gasteiger partial charge on any atom is 0.132 e. The minimum absolute atomic E-state index is 0.728. The highest BCUT2D eigenvalue weighted by molar-refractivity contribution is 9.10. The van der Waals surface area contributed by atoms with Gasteiger partial charge in [-0.2, -0.15) is 0 Å². The van der Waals surface area contributed by atoms with Crippen LogP contribution in [0.15, 0.2) is 16.7 Å². The van der Waals surface area contributed by atoms with Gasteiger partial charge in [-0.05, 0) is 60.8 Å². The average Bonchev–Trinajstić information content (AvgIpc) is 3.16. The Morgan fingerprint density at radius 3 is 2.86 bits per heavy atom. The number of hydrogen-bond acceptors (Lipinski definition) is 4. The summed E-state index contributed by atoms with van der Waals surface area (Å²) < 4.78 is 1.06. The largest absolute Gasteiger partial charge is 0.358 e. The van der Waals surface area contributed by atoms with Crippen LogP contribution in [0, 0.1) is 0 Å². The van der Waals surface area contributed by atoms with Crippen LogP contribution in [-0.2, 0) is 6.54 Å². The lowest BCUT2D eigenvalue weighted by Gasteiger charge is -2.24. The van der Waals surface area contributed by atoms with Gasteiger partial charge in [-0.1, -0.05) is 0 Å². The number of pyridine rings is 1. The molecule has 1 N–H and O–H groups in total. The molecule has 21 heavy (non-hydrogen) atoms. The molecule has 2 fully saturated rings. The molecule has 0 bridgehead atoms. The second-order valence-corrected chi connectivity index (χ2v) is 7.18. The molecule has 2 aliphatic rings. The molecule has 0 radical (unpaired) electrons. The molecule has 1 aliphatic heterocycles. The van der Waals surface area contributed by atoms with E-state index in [1.54, 1.807) is 0 Å². The van der Waals surface area contributed by atoms with E-state index in [9.17, 15) is 0 Å². The monoisotopic (exact) mass is 352 g/mol. The van der Waals surface area contributed by atoms with Crippen molar-refractivity contribution in [2.45, 2.75) is 38.3 Å². The van der Waals surface area contributed by atoms with Crippen LogP contribution < -0.4 is 10.2 Å². The molecule has 2 heterocycles. The first-order valence-electron chi connectivity index (χ1n) is 8.03. The van der Waals surface area contributed by atoms with Gasteiger partial charge in [0.15, 0.2) is 0 Å². The van der Waals surface area contributed by atoms with Gasteiger partial charge in [0.2, 0.25) is 0 Å². The van der Waals surface area contributed by atoms with Crippen molar-refractivity contribution in [2.24, 2.45) is 0 Å². The summed E-state index contributed by atoms with van der Waals surface area (Å²) in [5, 5.41) is 3.59. The van der Waals surface area contributed by atoms with E-state index in [2.05, 4.69) is 49.1 Å². The summed E-state index contributed by atoms with van der Waals surface area (Å²) in [5.41, 5.74) is 1.29. The van der Waals surface area contributed by atoms with Gasteiger partial charge in [-0.15, -0.1) is 0 Å². The first-order chi connectivity index (χ1) is 10.2. The van der Waals surface area contributed by atoms with Gasteiger partial charge < -0.3 is 15.1 Å². The Hall–Kier alpha value is -0.650. The number of nitrogens with one attached hydrogen (secondary N) is 1. The number of rotatable bonds is 7. The fourth-order valence-electron chi connectivity index (χ4n) is 2.89. The summed E-state index contributed by atoms with van der Waals surface area (Å²) >= 11 is 3.54. The van der Waals surface area contributed by atoms with Crippen LogP contribution in [0.4, 0.5) is 5.82 Å². The number of halogens is 1. The van der Waals surface area contributed by atoms with Crippen molar-refractivity contribution in [1.29, 1.82) is 0 Å². The molecule has 0 atom stereocenters. The van der Waals surface area contributed by atoms with Gasteiger partial charge in [0.1, 0.15) is 5.82 Å². The number of aromatic nitrogens is 1. The molecule has 3 rings (SSSR count). The Morgan fingerprint density at radius 2 is 2.14 bits per heavy atom. The Balaban J connectivity index is 1.60. The third-order valence-electron chi connectivity index (χ3n) is 4.38. The lowest BCUT2D eigenvalue weighted by atomic mass is 10.2. The zero-order valence-corrected chi connectivity index (χ0v) is 14.4. The maximum atomic E-state index is 4.64. The molecule has 5 heteroatoms. The van der Waals surface area contributed by atoms with Crippen molar-refractivity contribution >= 4 is 21.7 Å². The van der Waals surface area contributed by atoms with Gasteiger partial charge >= 0.3 is 0 Å². The van der Waals surface area contributed by atoms with Crippen LogP contribution >= 0.6 is 15.9 Å². The predicted molar refractivity (Wildman–Crippen MR) is 90.7 cm³/mol. The Labute approximate surface area is 136 Å². The van der Waals surface area contributed by atoms with Crippen LogP contribution in [-0.4, -0.2) is 49.2 Å². The molecular formula is C16H25BrN4. The quantitative estimate of drug-likeness (QED) is 0.817. The number of likely N-dealkylation sites (tertiary alicyclic amines) is 1. The second-order valence-electron chi connectivity index (χ2n) is 6.26. The zero-order chi connectivity index (χ0) is 14.7.